The van der Waals surface area contributed by atoms with Gasteiger partial charge in [-0.05, 0) is 44.4 Å². The Morgan fingerprint density at radius 2 is 1.13 bits per heavy atom. The van der Waals surface area contributed by atoms with Gasteiger partial charge in [0.1, 0.15) is 19.3 Å². The maximum absolute atomic E-state index is 12.0. The van der Waals surface area contributed by atoms with Crippen LogP contribution in [0.25, 0.3) is 0 Å². The number of rotatable bonds is 32. The molecule has 0 fully saturated rings. The van der Waals surface area contributed by atoms with Crippen molar-refractivity contribution in [2.24, 2.45) is 5.92 Å². The maximum atomic E-state index is 12.0. The van der Waals surface area contributed by atoms with E-state index in [1.807, 2.05) is 6.08 Å². The molecular formula is C40H70O7. The predicted molar refractivity (Wildman–Crippen MR) is 194 cm³/mol. The Bertz CT molecular complexity index is 848. The highest BCUT2D eigenvalue weighted by atomic mass is 16.6. The van der Waals surface area contributed by atoms with Crippen LogP contribution in [-0.4, -0.2) is 58.8 Å². The Labute approximate surface area is 287 Å². The van der Waals surface area contributed by atoms with Crippen LogP contribution in [0.15, 0.2) is 48.6 Å². The minimum atomic E-state index is -1.06. The van der Waals surface area contributed by atoms with Gasteiger partial charge in [-0.3, -0.25) is 9.59 Å². The molecular weight excluding hydrogens is 592 g/mol. The molecule has 0 aromatic rings. The van der Waals surface area contributed by atoms with Crippen LogP contribution < -0.4 is 0 Å². The van der Waals surface area contributed by atoms with Crippen molar-refractivity contribution < 1.29 is 34.4 Å². The Morgan fingerprint density at radius 1 is 0.596 bits per heavy atom. The van der Waals surface area contributed by atoms with E-state index in [9.17, 15) is 24.9 Å². The number of aliphatic hydroxyl groups is 3. The third kappa shape index (κ3) is 33.5. The molecule has 4 atom stereocenters. The lowest BCUT2D eigenvalue weighted by Gasteiger charge is -2.12. The molecule has 0 aliphatic rings. The molecule has 0 aliphatic carbocycles. The summed E-state index contributed by atoms with van der Waals surface area (Å²) in [6.45, 7) is 6.37. The van der Waals surface area contributed by atoms with Gasteiger partial charge in [-0.15, -0.1) is 0 Å². The third-order valence-electron chi connectivity index (χ3n) is 8.30. The fourth-order valence-electron chi connectivity index (χ4n) is 4.96. The molecule has 7 nitrogen and oxygen atoms in total. The second-order valence-electron chi connectivity index (χ2n) is 13.0. The summed E-state index contributed by atoms with van der Waals surface area (Å²) in [5.74, 6) is 0.0640. The molecule has 1 unspecified atom stereocenters. The Morgan fingerprint density at radius 3 is 1.70 bits per heavy atom. The van der Waals surface area contributed by atoms with Crippen molar-refractivity contribution in [3.8, 4) is 0 Å². The van der Waals surface area contributed by atoms with Crippen LogP contribution in [0, 0.1) is 5.92 Å². The van der Waals surface area contributed by atoms with Crippen LogP contribution in [0.2, 0.25) is 0 Å². The molecule has 47 heavy (non-hydrogen) atoms. The average Bonchev–Trinajstić information content (AvgIpc) is 3.06. The number of carbonyl (C=O) groups excluding carboxylic acids is 2. The topological polar surface area (TPSA) is 113 Å². The molecule has 0 saturated heterocycles. The van der Waals surface area contributed by atoms with E-state index >= 15 is 0 Å². The molecule has 0 rings (SSSR count). The lowest BCUT2D eigenvalue weighted by Crippen LogP contribution is -2.25. The van der Waals surface area contributed by atoms with Crippen molar-refractivity contribution in [1.82, 2.24) is 0 Å². The fourth-order valence-corrected chi connectivity index (χ4v) is 4.96. The second-order valence-corrected chi connectivity index (χ2v) is 13.0. The zero-order valence-corrected chi connectivity index (χ0v) is 30.2. The molecule has 7 heteroatoms. The Balaban J connectivity index is 3.74. The van der Waals surface area contributed by atoms with Gasteiger partial charge in [-0.1, -0.05) is 153 Å². The van der Waals surface area contributed by atoms with E-state index < -0.39 is 24.3 Å². The van der Waals surface area contributed by atoms with E-state index in [0.29, 0.717) is 25.7 Å². The highest BCUT2D eigenvalue weighted by molar-refractivity contribution is 5.69. The predicted octanol–water partition coefficient (Wildman–Crippen LogP) is 9.25. The van der Waals surface area contributed by atoms with Crippen molar-refractivity contribution in [1.29, 1.82) is 0 Å². The van der Waals surface area contributed by atoms with Gasteiger partial charge in [-0.25, -0.2) is 0 Å². The summed E-state index contributed by atoms with van der Waals surface area (Å²) < 4.78 is 10.2. The van der Waals surface area contributed by atoms with E-state index in [2.05, 4.69) is 26.8 Å². The van der Waals surface area contributed by atoms with Crippen LogP contribution in [0.4, 0.5) is 0 Å². The molecule has 0 aliphatic heterocycles. The number of esters is 2. The standard InChI is InChI=1S/C40H70O7/c1-4-6-7-8-16-21-27-36(41)28-22-18-19-23-29-37(42)30-25-32-40(45)47-34-38(43)33-46-39(44)31-24-17-14-12-10-9-11-13-15-20-26-35(3)5-2/h16,18-19,21-23,28-29,35-38,41-43H,4-15,17,20,24-27,30-34H2,1-3H3/b19-18+,21-16-,28-22+,29-23-/t35?,36-,37-,38+/m1/s1. The summed E-state index contributed by atoms with van der Waals surface area (Å²) in [6, 6.07) is 0. The van der Waals surface area contributed by atoms with Crippen molar-refractivity contribution in [2.45, 2.75) is 174 Å². The fraction of sp³-hybridized carbons (Fsp3) is 0.750. The van der Waals surface area contributed by atoms with E-state index in [1.54, 1.807) is 36.5 Å². The number of unbranched alkanes of at least 4 members (excludes halogenated alkanes) is 12. The number of hydrogen-bond donors (Lipinski definition) is 3. The van der Waals surface area contributed by atoms with Gasteiger partial charge in [0.05, 0.1) is 12.2 Å². The molecule has 0 aromatic carbocycles. The van der Waals surface area contributed by atoms with Gasteiger partial charge in [0.25, 0.3) is 0 Å². The van der Waals surface area contributed by atoms with E-state index in [1.165, 1.54) is 77.0 Å². The van der Waals surface area contributed by atoms with Gasteiger partial charge in [0, 0.05) is 12.8 Å². The number of carbonyl (C=O) groups is 2. The molecule has 0 spiro atoms. The quantitative estimate of drug-likeness (QED) is 0.0285. The van der Waals surface area contributed by atoms with Gasteiger partial charge < -0.3 is 24.8 Å². The van der Waals surface area contributed by atoms with Crippen molar-refractivity contribution in [3.63, 3.8) is 0 Å². The van der Waals surface area contributed by atoms with E-state index in [-0.39, 0.29) is 25.6 Å². The summed E-state index contributed by atoms with van der Waals surface area (Å²) in [5, 5.41) is 30.0. The van der Waals surface area contributed by atoms with Gasteiger partial charge >= 0.3 is 11.9 Å². The SMILES string of the molecule is CCCCC/C=C\C[C@@H](O)/C=C/C=C/C=C\[C@@H](O)CCCC(=O)OC[C@@H](O)COC(=O)CCCCCCCCCCCCC(C)CC. The lowest BCUT2D eigenvalue weighted by molar-refractivity contribution is -0.152. The summed E-state index contributed by atoms with van der Waals surface area (Å²) in [6.07, 6.45) is 33.6. The van der Waals surface area contributed by atoms with E-state index in [4.69, 9.17) is 9.47 Å². The van der Waals surface area contributed by atoms with Crippen LogP contribution in [0.5, 0.6) is 0 Å². The normalized spacial score (nSPS) is 14.8. The smallest absolute Gasteiger partial charge is 0.305 e. The van der Waals surface area contributed by atoms with Gasteiger partial charge in [0.2, 0.25) is 0 Å². The second kappa shape index (κ2) is 33.7. The number of allylic oxidation sites excluding steroid dienone is 5. The number of aliphatic hydroxyl groups excluding tert-OH is 3. The summed E-state index contributed by atoms with van der Waals surface area (Å²) in [7, 11) is 0. The zero-order valence-electron chi connectivity index (χ0n) is 30.2. The highest BCUT2D eigenvalue weighted by Gasteiger charge is 2.12. The van der Waals surface area contributed by atoms with Crippen molar-refractivity contribution >= 4 is 11.9 Å². The van der Waals surface area contributed by atoms with Crippen molar-refractivity contribution in [3.05, 3.63) is 48.6 Å². The molecule has 0 bridgehead atoms. The first-order valence-corrected chi connectivity index (χ1v) is 18.8. The molecule has 272 valence electrons. The first-order chi connectivity index (χ1) is 22.8. The molecule has 0 heterocycles. The maximum Gasteiger partial charge on any atom is 0.305 e. The van der Waals surface area contributed by atoms with Crippen LogP contribution >= 0.6 is 0 Å². The average molecular weight is 663 g/mol. The minimum absolute atomic E-state index is 0.124. The number of hydrogen-bond acceptors (Lipinski definition) is 7. The van der Waals surface area contributed by atoms with Crippen LogP contribution in [-0.2, 0) is 19.1 Å². The number of ether oxygens (including phenoxy) is 2. The third-order valence-corrected chi connectivity index (χ3v) is 8.30. The Hall–Kier alpha value is -2.22. The van der Waals surface area contributed by atoms with Crippen molar-refractivity contribution in [2.75, 3.05) is 13.2 Å². The first-order valence-electron chi connectivity index (χ1n) is 18.8. The van der Waals surface area contributed by atoms with Gasteiger partial charge in [0.15, 0.2) is 0 Å². The minimum Gasteiger partial charge on any atom is -0.463 e. The van der Waals surface area contributed by atoms with Crippen LogP contribution in [0.1, 0.15) is 156 Å². The largest absolute Gasteiger partial charge is 0.463 e. The lowest BCUT2D eigenvalue weighted by atomic mass is 9.99. The zero-order chi connectivity index (χ0) is 34.8. The highest BCUT2D eigenvalue weighted by Crippen LogP contribution is 2.15. The monoisotopic (exact) mass is 663 g/mol. The first kappa shape index (κ1) is 44.8. The summed E-state index contributed by atoms with van der Waals surface area (Å²) in [5.41, 5.74) is 0. The molecule has 0 radical (unpaired) electrons. The Kier molecular flexibility index (Phi) is 32.1. The summed E-state index contributed by atoms with van der Waals surface area (Å²) >= 11 is 0. The molecule has 0 amide bonds. The molecule has 3 N–H and O–H groups in total. The van der Waals surface area contributed by atoms with E-state index in [0.717, 1.165) is 31.6 Å². The van der Waals surface area contributed by atoms with Gasteiger partial charge in [-0.2, -0.15) is 0 Å². The van der Waals surface area contributed by atoms with Crippen LogP contribution in [0.3, 0.4) is 0 Å². The molecule has 0 aromatic heterocycles. The summed E-state index contributed by atoms with van der Waals surface area (Å²) in [4.78, 5) is 23.9. The molecule has 0 saturated carbocycles.